The van der Waals surface area contributed by atoms with Gasteiger partial charge in [0.1, 0.15) is 6.04 Å². The number of nitrogens with one attached hydrogen (secondary N) is 1. The number of primary amides is 1. The van der Waals surface area contributed by atoms with E-state index >= 15 is 0 Å². The molecule has 0 fully saturated rings. The van der Waals surface area contributed by atoms with E-state index in [1.165, 1.54) is 0 Å². The third kappa shape index (κ3) is 3.82. The number of fused-ring (bicyclic) bond motifs is 1. The minimum absolute atomic E-state index is 0.0717. The number of carbonyl (C=O) groups excluding carboxylic acids is 2. The predicted octanol–water partition coefficient (Wildman–Crippen LogP) is 1.21. The molecule has 1 atom stereocenters. The number of amides is 2. The van der Waals surface area contributed by atoms with Gasteiger partial charge in [-0.2, -0.15) is 0 Å². The standard InChI is InChI=1S/C15H21N3O4S/c1-2-3-6-9-23(21,22)18-12-8-5-4-7-11(12)17-15(20)13(18)10-14(16)19/h4-5,7-8,13H,2-3,6,9-10H2,1H3,(H2,16,19)(H,17,20). The van der Waals surface area contributed by atoms with Gasteiger partial charge in [-0.25, -0.2) is 8.42 Å². The van der Waals surface area contributed by atoms with Crippen molar-refractivity contribution in [1.29, 1.82) is 0 Å². The second-order valence-electron chi connectivity index (χ2n) is 5.51. The topological polar surface area (TPSA) is 110 Å². The Morgan fingerprint density at radius 2 is 2.00 bits per heavy atom. The van der Waals surface area contributed by atoms with Crippen LogP contribution in [0.1, 0.15) is 32.6 Å². The Morgan fingerprint density at radius 3 is 2.65 bits per heavy atom. The second kappa shape index (κ2) is 6.99. The number of sulfonamides is 1. The van der Waals surface area contributed by atoms with Crippen LogP contribution in [-0.4, -0.2) is 32.0 Å². The Labute approximate surface area is 135 Å². The molecule has 0 saturated heterocycles. The molecule has 1 aromatic carbocycles. The molecule has 1 aliphatic heterocycles. The van der Waals surface area contributed by atoms with Crippen LogP contribution in [-0.2, 0) is 19.6 Å². The van der Waals surface area contributed by atoms with Crippen LogP contribution < -0.4 is 15.4 Å². The molecule has 1 aliphatic rings. The highest BCUT2D eigenvalue weighted by atomic mass is 32.2. The predicted molar refractivity (Wildman–Crippen MR) is 88.5 cm³/mol. The van der Waals surface area contributed by atoms with Crippen LogP contribution >= 0.6 is 0 Å². The van der Waals surface area contributed by atoms with Crippen molar-refractivity contribution >= 4 is 33.2 Å². The number of para-hydroxylation sites is 2. The Kier molecular flexibility index (Phi) is 5.25. The van der Waals surface area contributed by atoms with Gasteiger partial charge in [0.05, 0.1) is 23.5 Å². The van der Waals surface area contributed by atoms with Crippen molar-refractivity contribution in [3.8, 4) is 0 Å². The molecule has 2 rings (SSSR count). The number of hydrogen-bond donors (Lipinski definition) is 2. The average Bonchev–Trinajstić information content (AvgIpc) is 2.47. The summed E-state index contributed by atoms with van der Waals surface area (Å²) in [5.74, 6) is -1.34. The molecule has 1 unspecified atom stereocenters. The van der Waals surface area contributed by atoms with Gasteiger partial charge in [0, 0.05) is 0 Å². The molecule has 3 N–H and O–H groups in total. The summed E-state index contributed by atoms with van der Waals surface area (Å²) < 4.78 is 26.6. The van der Waals surface area contributed by atoms with E-state index in [2.05, 4.69) is 5.32 Å². The van der Waals surface area contributed by atoms with Gasteiger partial charge in [-0.3, -0.25) is 13.9 Å². The zero-order valence-electron chi connectivity index (χ0n) is 13.0. The van der Waals surface area contributed by atoms with Gasteiger partial charge in [-0.1, -0.05) is 31.9 Å². The van der Waals surface area contributed by atoms with E-state index in [0.717, 1.165) is 17.1 Å². The van der Waals surface area contributed by atoms with Crippen molar-refractivity contribution in [2.45, 2.75) is 38.6 Å². The van der Waals surface area contributed by atoms with Gasteiger partial charge >= 0.3 is 0 Å². The van der Waals surface area contributed by atoms with E-state index in [9.17, 15) is 18.0 Å². The highest BCUT2D eigenvalue weighted by Gasteiger charge is 2.40. The summed E-state index contributed by atoms with van der Waals surface area (Å²) in [7, 11) is -3.73. The van der Waals surface area contributed by atoms with E-state index in [1.807, 2.05) is 6.92 Å². The molecule has 0 saturated carbocycles. The first-order valence-corrected chi connectivity index (χ1v) is 9.18. The molecule has 0 spiro atoms. The van der Waals surface area contributed by atoms with Crippen LogP contribution in [0.3, 0.4) is 0 Å². The van der Waals surface area contributed by atoms with Crippen molar-refractivity contribution in [2.75, 3.05) is 15.4 Å². The minimum atomic E-state index is -3.73. The SMILES string of the molecule is CCCCCS(=O)(=O)N1c2ccccc2NC(=O)C1CC(N)=O. The van der Waals surface area contributed by atoms with Crippen molar-refractivity contribution in [3.63, 3.8) is 0 Å². The lowest BCUT2D eigenvalue weighted by Crippen LogP contribution is -2.53. The average molecular weight is 339 g/mol. The zero-order valence-corrected chi connectivity index (χ0v) is 13.8. The Bertz CT molecular complexity index is 702. The molecule has 2 amide bonds. The number of anilines is 2. The van der Waals surface area contributed by atoms with Gasteiger partial charge in [-0.05, 0) is 18.6 Å². The lowest BCUT2D eigenvalue weighted by Gasteiger charge is -2.36. The quantitative estimate of drug-likeness (QED) is 0.728. The monoisotopic (exact) mass is 339 g/mol. The molecular formula is C15H21N3O4S. The smallest absolute Gasteiger partial charge is 0.248 e. The van der Waals surface area contributed by atoms with Crippen LogP contribution in [0.2, 0.25) is 0 Å². The fraction of sp³-hybridized carbons (Fsp3) is 0.467. The first-order valence-electron chi connectivity index (χ1n) is 7.57. The maximum atomic E-state index is 12.8. The summed E-state index contributed by atoms with van der Waals surface area (Å²) in [5, 5.41) is 2.63. The fourth-order valence-electron chi connectivity index (χ4n) is 2.60. The van der Waals surface area contributed by atoms with Crippen LogP contribution in [0.25, 0.3) is 0 Å². The van der Waals surface area contributed by atoms with Crippen molar-refractivity contribution in [1.82, 2.24) is 0 Å². The highest BCUT2D eigenvalue weighted by Crippen LogP contribution is 2.35. The molecule has 126 valence electrons. The van der Waals surface area contributed by atoms with E-state index in [1.54, 1.807) is 24.3 Å². The Balaban J connectivity index is 2.44. The normalized spacial score (nSPS) is 17.5. The Morgan fingerprint density at radius 1 is 1.30 bits per heavy atom. The molecule has 0 bridgehead atoms. The third-order valence-electron chi connectivity index (χ3n) is 3.69. The summed E-state index contributed by atoms with van der Waals surface area (Å²) >= 11 is 0. The van der Waals surface area contributed by atoms with E-state index in [-0.39, 0.29) is 12.2 Å². The molecule has 8 heteroatoms. The van der Waals surface area contributed by atoms with Crippen molar-refractivity contribution in [3.05, 3.63) is 24.3 Å². The fourth-order valence-corrected chi connectivity index (χ4v) is 4.39. The number of unbranched alkanes of at least 4 members (excludes halogenated alkanes) is 2. The van der Waals surface area contributed by atoms with Crippen molar-refractivity contribution in [2.24, 2.45) is 5.73 Å². The molecule has 1 heterocycles. The van der Waals surface area contributed by atoms with Crippen molar-refractivity contribution < 1.29 is 18.0 Å². The first-order chi connectivity index (χ1) is 10.9. The van der Waals surface area contributed by atoms with E-state index in [0.29, 0.717) is 17.8 Å². The Hall–Kier alpha value is -2.09. The first kappa shape index (κ1) is 17.3. The minimum Gasteiger partial charge on any atom is -0.370 e. The number of benzene rings is 1. The van der Waals surface area contributed by atoms with Crippen LogP contribution in [0, 0.1) is 0 Å². The number of rotatable bonds is 7. The molecule has 0 aliphatic carbocycles. The lowest BCUT2D eigenvalue weighted by atomic mass is 10.1. The second-order valence-corrected chi connectivity index (χ2v) is 7.48. The van der Waals surface area contributed by atoms with Gasteiger partial charge in [0.15, 0.2) is 0 Å². The zero-order chi connectivity index (χ0) is 17.0. The largest absolute Gasteiger partial charge is 0.370 e. The van der Waals surface area contributed by atoms with Crippen LogP contribution in [0.5, 0.6) is 0 Å². The number of carbonyl (C=O) groups is 2. The van der Waals surface area contributed by atoms with Gasteiger partial charge in [-0.15, -0.1) is 0 Å². The molecule has 23 heavy (non-hydrogen) atoms. The summed E-state index contributed by atoms with van der Waals surface area (Å²) in [5.41, 5.74) is 5.98. The molecule has 1 aromatic rings. The number of nitrogens with zero attached hydrogens (tertiary/aromatic N) is 1. The van der Waals surface area contributed by atoms with Gasteiger partial charge in [0.25, 0.3) is 0 Å². The lowest BCUT2D eigenvalue weighted by molar-refractivity contribution is -0.123. The maximum absolute atomic E-state index is 12.8. The molecule has 0 radical (unpaired) electrons. The van der Waals surface area contributed by atoms with E-state index in [4.69, 9.17) is 5.73 Å². The third-order valence-corrected chi connectivity index (χ3v) is 5.54. The van der Waals surface area contributed by atoms with Gasteiger partial charge < -0.3 is 11.1 Å². The van der Waals surface area contributed by atoms with Crippen LogP contribution in [0.4, 0.5) is 11.4 Å². The summed E-state index contributed by atoms with van der Waals surface area (Å²) in [6.07, 6.45) is 1.81. The molecule has 7 nitrogen and oxygen atoms in total. The van der Waals surface area contributed by atoms with Crippen LogP contribution in [0.15, 0.2) is 24.3 Å². The van der Waals surface area contributed by atoms with Gasteiger partial charge in [0.2, 0.25) is 21.8 Å². The summed E-state index contributed by atoms with van der Waals surface area (Å²) in [6, 6.07) is 5.48. The highest BCUT2D eigenvalue weighted by molar-refractivity contribution is 7.92. The maximum Gasteiger partial charge on any atom is 0.248 e. The molecular weight excluding hydrogens is 318 g/mol. The summed E-state index contributed by atoms with van der Waals surface area (Å²) in [6.45, 7) is 1.98. The molecule has 0 aromatic heterocycles. The van der Waals surface area contributed by atoms with E-state index < -0.39 is 27.9 Å². The summed E-state index contributed by atoms with van der Waals surface area (Å²) in [4.78, 5) is 23.5. The number of nitrogens with two attached hydrogens (primary N) is 1. The number of hydrogen-bond acceptors (Lipinski definition) is 4.